The predicted octanol–water partition coefficient (Wildman–Crippen LogP) is 10.7. The molecule has 0 saturated carbocycles. The second kappa shape index (κ2) is 10.8. The summed E-state index contributed by atoms with van der Waals surface area (Å²) in [5.41, 5.74) is 9.41. The van der Waals surface area contributed by atoms with E-state index < -0.39 is 0 Å². The molecule has 2 aliphatic rings. The molecule has 218 valence electrons. The van der Waals surface area contributed by atoms with Crippen molar-refractivity contribution in [3.8, 4) is 0 Å². The Labute approximate surface area is 266 Å². The molecule has 44 heavy (non-hydrogen) atoms. The van der Waals surface area contributed by atoms with E-state index in [-0.39, 0.29) is 23.7 Å². The van der Waals surface area contributed by atoms with Gasteiger partial charge in [0, 0.05) is 15.8 Å². The Morgan fingerprint density at radius 1 is 0.500 bits per heavy atom. The number of nitrogens with zero attached hydrogens (tertiary/aromatic N) is 3. The summed E-state index contributed by atoms with van der Waals surface area (Å²) in [7, 11) is 0. The maximum absolute atomic E-state index is 14.3. The SMILES string of the molecule is CC(C)c1cc(Br)cc(C(C)C)c1N1C(=O)c2ccc(N3c4ccccc4N(c4ccccc4)c4ccccc43)cc2C1=O. The summed E-state index contributed by atoms with van der Waals surface area (Å²) in [5, 5.41) is 0. The van der Waals surface area contributed by atoms with Gasteiger partial charge in [0.25, 0.3) is 11.8 Å². The first-order valence-corrected chi connectivity index (χ1v) is 15.7. The number of halogens is 1. The van der Waals surface area contributed by atoms with Crippen molar-refractivity contribution in [3.63, 3.8) is 0 Å². The molecule has 0 bridgehead atoms. The molecule has 0 atom stereocenters. The number of hydrogen-bond acceptors (Lipinski definition) is 4. The van der Waals surface area contributed by atoms with Crippen molar-refractivity contribution >= 4 is 67.6 Å². The van der Waals surface area contributed by atoms with Crippen LogP contribution in [0.4, 0.5) is 39.8 Å². The minimum atomic E-state index is -0.289. The Morgan fingerprint density at radius 2 is 0.955 bits per heavy atom. The molecule has 0 radical (unpaired) electrons. The minimum Gasteiger partial charge on any atom is -0.306 e. The van der Waals surface area contributed by atoms with Crippen molar-refractivity contribution in [2.45, 2.75) is 39.5 Å². The van der Waals surface area contributed by atoms with Crippen LogP contribution >= 0.6 is 15.9 Å². The van der Waals surface area contributed by atoms with Gasteiger partial charge in [-0.15, -0.1) is 0 Å². The van der Waals surface area contributed by atoms with Gasteiger partial charge in [0.15, 0.2) is 0 Å². The van der Waals surface area contributed by atoms with E-state index in [1.54, 1.807) is 0 Å². The maximum Gasteiger partial charge on any atom is 0.266 e. The van der Waals surface area contributed by atoms with E-state index in [2.05, 4.69) is 89.8 Å². The van der Waals surface area contributed by atoms with Crippen molar-refractivity contribution in [2.24, 2.45) is 0 Å². The maximum atomic E-state index is 14.3. The van der Waals surface area contributed by atoms with Crippen LogP contribution in [0.2, 0.25) is 0 Å². The van der Waals surface area contributed by atoms with Crippen LogP contribution in [0.3, 0.4) is 0 Å². The van der Waals surface area contributed by atoms with Gasteiger partial charge in [-0.25, -0.2) is 4.90 Å². The molecule has 2 heterocycles. The monoisotopic (exact) mass is 641 g/mol. The highest BCUT2D eigenvalue weighted by Crippen LogP contribution is 2.54. The summed E-state index contributed by atoms with van der Waals surface area (Å²) < 4.78 is 0.944. The number of hydrogen-bond donors (Lipinski definition) is 0. The van der Waals surface area contributed by atoms with Crippen molar-refractivity contribution in [1.29, 1.82) is 0 Å². The van der Waals surface area contributed by atoms with E-state index in [1.165, 1.54) is 4.90 Å². The van der Waals surface area contributed by atoms with Gasteiger partial charge >= 0.3 is 0 Å². The van der Waals surface area contributed by atoms with E-state index in [1.807, 2.05) is 72.8 Å². The zero-order valence-corrected chi connectivity index (χ0v) is 26.7. The average molecular weight is 643 g/mol. The van der Waals surface area contributed by atoms with Crippen LogP contribution in [0.1, 0.15) is 71.4 Å². The molecule has 5 aromatic carbocycles. The zero-order chi connectivity index (χ0) is 30.7. The fourth-order valence-electron chi connectivity index (χ4n) is 6.43. The van der Waals surface area contributed by atoms with Gasteiger partial charge < -0.3 is 9.80 Å². The number of rotatable bonds is 5. The fourth-order valence-corrected chi connectivity index (χ4v) is 6.92. The Kier molecular flexibility index (Phi) is 6.90. The molecule has 0 spiro atoms. The van der Waals surface area contributed by atoms with E-state index in [9.17, 15) is 9.59 Å². The topological polar surface area (TPSA) is 43.9 Å². The van der Waals surface area contributed by atoms with E-state index in [4.69, 9.17) is 0 Å². The number of carbonyl (C=O) groups excluding carboxylic acids is 2. The zero-order valence-electron chi connectivity index (χ0n) is 25.1. The van der Waals surface area contributed by atoms with Crippen LogP contribution in [-0.2, 0) is 0 Å². The number of anilines is 7. The number of fused-ring (bicyclic) bond motifs is 3. The van der Waals surface area contributed by atoms with Crippen LogP contribution in [0.15, 0.2) is 114 Å². The highest BCUT2D eigenvalue weighted by Gasteiger charge is 2.40. The molecular formula is C38H32BrN3O2. The number of carbonyl (C=O) groups is 2. The van der Waals surface area contributed by atoms with E-state index in [0.29, 0.717) is 16.8 Å². The summed E-state index contributed by atoms with van der Waals surface area (Å²) in [4.78, 5) is 34.1. The standard InChI is InChI=1S/C38H32BrN3O2/c1-23(2)29-20-25(39)21-30(24(3)4)36(29)42-37(43)28-19-18-27(22-31(28)38(42)44)41-34-16-10-8-14-32(34)40(26-12-6-5-7-13-26)33-15-9-11-17-35(33)41/h5-24H,1-4H3. The molecule has 0 N–H and O–H groups in total. The smallest absolute Gasteiger partial charge is 0.266 e. The van der Waals surface area contributed by atoms with Crippen LogP contribution in [0.25, 0.3) is 0 Å². The molecule has 6 heteroatoms. The Morgan fingerprint density at radius 3 is 1.45 bits per heavy atom. The molecule has 0 fully saturated rings. The average Bonchev–Trinajstić information content (AvgIpc) is 3.27. The fraction of sp³-hybridized carbons (Fsp3) is 0.158. The molecule has 0 unspecified atom stereocenters. The van der Waals surface area contributed by atoms with Gasteiger partial charge in [-0.05, 0) is 89.7 Å². The largest absolute Gasteiger partial charge is 0.306 e. The van der Waals surface area contributed by atoms with Gasteiger partial charge in [0.05, 0.1) is 39.6 Å². The third kappa shape index (κ3) is 4.36. The predicted molar refractivity (Wildman–Crippen MR) is 183 cm³/mol. The first kappa shape index (κ1) is 28.1. The number of benzene rings is 5. The summed E-state index contributed by atoms with van der Waals surface area (Å²) in [5.74, 6) is -0.331. The molecule has 2 amide bonds. The van der Waals surface area contributed by atoms with Gasteiger partial charge in [0.2, 0.25) is 0 Å². The molecule has 0 saturated heterocycles. The number of imide groups is 1. The van der Waals surface area contributed by atoms with Gasteiger partial charge in [-0.3, -0.25) is 9.59 Å². The second-order valence-corrected chi connectivity index (χ2v) is 12.8. The van der Waals surface area contributed by atoms with Gasteiger partial charge in [-0.1, -0.05) is 86.1 Å². The summed E-state index contributed by atoms with van der Waals surface area (Å²) in [6.07, 6.45) is 0. The highest BCUT2D eigenvalue weighted by molar-refractivity contribution is 9.10. The lowest BCUT2D eigenvalue weighted by molar-refractivity contribution is 0.0925. The second-order valence-electron chi connectivity index (χ2n) is 11.9. The first-order chi connectivity index (χ1) is 21.3. The number of para-hydroxylation sites is 5. The van der Waals surface area contributed by atoms with E-state index in [0.717, 1.165) is 49.7 Å². The Bertz CT molecular complexity index is 1870. The molecule has 2 aliphatic heterocycles. The Balaban J connectivity index is 1.38. The van der Waals surface area contributed by atoms with Crippen molar-refractivity contribution < 1.29 is 9.59 Å². The van der Waals surface area contributed by atoms with Gasteiger partial charge in [-0.2, -0.15) is 0 Å². The van der Waals surface area contributed by atoms with Crippen LogP contribution in [0, 0.1) is 0 Å². The van der Waals surface area contributed by atoms with Crippen molar-refractivity contribution in [1.82, 2.24) is 0 Å². The van der Waals surface area contributed by atoms with Gasteiger partial charge in [0.1, 0.15) is 0 Å². The third-order valence-electron chi connectivity index (χ3n) is 8.47. The van der Waals surface area contributed by atoms with Crippen LogP contribution in [0.5, 0.6) is 0 Å². The minimum absolute atomic E-state index is 0.119. The van der Waals surface area contributed by atoms with Crippen molar-refractivity contribution in [2.75, 3.05) is 14.7 Å². The molecule has 0 aliphatic carbocycles. The van der Waals surface area contributed by atoms with Crippen molar-refractivity contribution in [3.05, 3.63) is 136 Å². The Hall–Kier alpha value is -4.68. The molecule has 5 aromatic rings. The molecule has 0 aromatic heterocycles. The van der Waals surface area contributed by atoms with Crippen LogP contribution in [-0.4, -0.2) is 11.8 Å². The molecule has 7 rings (SSSR count). The number of amides is 2. The summed E-state index contributed by atoms with van der Waals surface area (Å²) in [6, 6.07) is 36.6. The quantitative estimate of drug-likeness (QED) is 0.176. The normalized spacial score (nSPS) is 13.9. The molecular weight excluding hydrogens is 610 g/mol. The lowest BCUT2D eigenvalue weighted by Gasteiger charge is -2.40. The lowest BCUT2D eigenvalue weighted by Crippen LogP contribution is -2.32. The molecule has 5 nitrogen and oxygen atoms in total. The first-order valence-electron chi connectivity index (χ1n) is 15.0. The van der Waals surface area contributed by atoms with Crippen LogP contribution < -0.4 is 14.7 Å². The summed E-state index contributed by atoms with van der Waals surface area (Å²) >= 11 is 3.65. The van der Waals surface area contributed by atoms with E-state index >= 15 is 0 Å². The lowest BCUT2D eigenvalue weighted by atomic mass is 9.92. The highest BCUT2D eigenvalue weighted by atomic mass is 79.9. The third-order valence-corrected chi connectivity index (χ3v) is 8.93. The summed E-state index contributed by atoms with van der Waals surface area (Å²) in [6.45, 7) is 8.37.